The molecule has 0 amide bonds. The van der Waals surface area contributed by atoms with Gasteiger partial charge in [-0.1, -0.05) is 41.1 Å². The van der Waals surface area contributed by atoms with E-state index in [4.69, 9.17) is 0 Å². The number of hydrogen-bond acceptors (Lipinski definition) is 0. The maximum atomic E-state index is 3.45. The van der Waals surface area contributed by atoms with Crippen LogP contribution in [0, 0.1) is 6.07 Å². The molecular weight excluding hydrogens is 224 g/mol. The Kier molecular flexibility index (Phi) is 2.36. The predicted molar refractivity (Wildman–Crippen MR) is 59.9 cm³/mol. The van der Waals surface area contributed by atoms with Gasteiger partial charge in [-0.15, -0.1) is 0 Å². The van der Waals surface area contributed by atoms with Gasteiger partial charge in [-0.25, -0.2) is 0 Å². The third-order valence-corrected chi connectivity index (χ3v) is 2.65. The van der Waals surface area contributed by atoms with Gasteiger partial charge in [-0.3, -0.25) is 0 Å². The second-order valence-electron chi connectivity index (χ2n) is 3.07. The smallest absolute Gasteiger partial charge is 0.0181 e. The molecule has 0 heterocycles. The normalized spacial score (nSPS) is 10.6. The molecule has 0 aliphatic heterocycles. The van der Waals surface area contributed by atoms with Crippen molar-refractivity contribution in [3.05, 3.63) is 46.4 Å². The Hall–Kier alpha value is -0.820. The van der Waals surface area contributed by atoms with E-state index >= 15 is 0 Å². The van der Waals surface area contributed by atoms with Gasteiger partial charge < -0.3 is 0 Å². The summed E-state index contributed by atoms with van der Waals surface area (Å²) in [5, 5.41) is 2.44. The fourth-order valence-electron chi connectivity index (χ4n) is 1.40. The molecule has 1 radical (unpaired) electrons. The van der Waals surface area contributed by atoms with Crippen molar-refractivity contribution in [3.8, 4) is 0 Å². The first kappa shape index (κ1) is 8.76. The zero-order valence-corrected chi connectivity index (χ0v) is 9.06. The summed E-state index contributed by atoms with van der Waals surface area (Å²) < 4.78 is 1.12. The Morgan fingerprint density at radius 1 is 1.23 bits per heavy atom. The lowest BCUT2D eigenvalue weighted by Gasteiger charge is -2.00. The molecule has 0 fully saturated rings. The van der Waals surface area contributed by atoms with Crippen LogP contribution in [-0.2, 0) is 6.42 Å². The maximum Gasteiger partial charge on any atom is 0.0181 e. The van der Waals surface area contributed by atoms with E-state index in [1.807, 2.05) is 0 Å². The van der Waals surface area contributed by atoms with Crippen LogP contribution in [-0.4, -0.2) is 0 Å². The molecule has 0 spiro atoms. The molecule has 0 nitrogen and oxygen atoms in total. The summed E-state index contributed by atoms with van der Waals surface area (Å²) in [6.45, 7) is 2.15. The predicted octanol–water partition coefficient (Wildman–Crippen LogP) is 3.96. The van der Waals surface area contributed by atoms with Crippen LogP contribution in [0.25, 0.3) is 10.8 Å². The molecule has 0 saturated carbocycles. The molecule has 0 N–H and O–H groups in total. The van der Waals surface area contributed by atoms with Gasteiger partial charge in [0.2, 0.25) is 0 Å². The number of fused-ring (bicyclic) bond motifs is 1. The summed E-state index contributed by atoms with van der Waals surface area (Å²) in [5.41, 5.74) is 1.27. The standard InChI is InChI=1S/C12H10Br/c1-2-9-3-4-11-8-12(13)6-5-10(11)7-9/h3-6,8H,2H2,1H3. The van der Waals surface area contributed by atoms with E-state index in [-0.39, 0.29) is 0 Å². The van der Waals surface area contributed by atoms with Gasteiger partial charge in [-0.05, 0) is 41.0 Å². The van der Waals surface area contributed by atoms with E-state index in [9.17, 15) is 0 Å². The molecule has 2 rings (SSSR count). The first-order valence-electron chi connectivity index (χ1n) is 4.40. The highest BCUT2D eigenvalue weighted by Gasteiger charge is 1.95. The molecule has 0 aromatic heterocycles. The summed E-state index contributed by atoms with van der Waals surface area (Å²) in [5.74, 6) is 0. The molecule has 0 aliphatic rings. The van der Waals surface area contributed by atoms with Crippen molar-refractivity contribution in [2.24, 2.45) is 0 Å². The number of halogens is 1. The molecule has 1 heteroatoms. The average Bonchev–Trinajstić information content (AvgIpc) is 2.17. The first-order chi connectivity index (χ1) is 6.29. The summed E-state index contributed by atoms with van der Waals surface area (Å²) in [7, 11) is 0. The number of rotatable bonds is 1. The molecular formula is C12H10Br. The minimum Gasteiger partial charge on any atom is -0.0613 e. The van der Waals surface area contributed by atoms with E-state index in [0.29, 0.717) is 0 Å². The molecule has 0 bridgehead atoms. The van der Waals surface area contributed by atoms with Crippen molar-refractivity contribution in [2.75, 3.05) is 0 Å². The second kappa shape index (κ2) is 3.51. The van der Waals surface area contributed by atoms with Crippen molar-refractivity contribution >= 4 is 26.7 Å². The van der Waals surface area contributed by atoms with Crippen LogP contribution < -0.4 is 0 Å². The number of benzene rings is 2. The highest BCUT2D eigenvalue weighted by Crippen LogP contribution is 2.20. The fraction of sp³-hybridized carbons (Fsp3) is 0.167. The molecule has 2 aromatic rings. The van der Waals surface area contributed by atoms with Crippen LogP contribution in [0.4, 0.5) is 0 Å². The highest BCUT2D eigenvalue weighted by atomic mass is 79.9. The lowest BCUT2D eigenvalue weighted by Crippen LogP contribution is -1.80. The van der Waals surface area contributed by atoms with Gasteiger partial charge in [0.1, 0.15) is 0 Å². The van der Waals surface area contributed by atoms with Crippen LogP contribution >= 0.6 is 15.9 Å². The van der Waals surface area contributed by atoms with E-state index in [1.165, 1.54) is 16.3 Å². The zero-order chi connectivity index (χ0) is 9.26. The van der Waals surface area contributed by atoms with Crippen molar-refractivity contribution in [1.82, 2.24) is 0 Å². The van der Waals surface area contributed by atoms with Crippen LogP contribution in [0.15, 0.2) is 34.8 Å². The topological polar surface area (TPSA) is 0 Å². The Morgan fingerprint density at radius 3 is 2.85 bits per heavy atom. The van der Waals surface area contributed by atoms with Gasteiger partial charge in [0.25, 0.3) is 0 Å². The Labute approximate surface area is 86.7 Å². The van der Waals surface area contributed by atoms with E-state index in [1.54, 1.807) is 0 Å². The van der Waals surface area contributed by atoms with Gasteiger partial charge in [0.15, 0.2) is 0 Å². The van der Waals surface area contributed by atoms with E-state index in [0.717, 1.165) is 10.9 Å². The summed E-state index contributed by atoms with van der Waals surface area (Å²) in [4.78, 5) is 0. The first-order valence-corrected chi connectivity index (χ1v) is 5.19. The van der Waals surface area contributed by atoms with E-state index in [2.05, 4.69) is 59.3 Å². The highest BCUT2D eigenvalue weighted by molar-refractivity contribution is 9.10. The summed E-state index contributed by atoms with van der Waals surface area (Å²) >= 11 is 3.45. The zero-order valence-electron chi connectivity index (χ0n) is 7.47. The largest absolute Gasteiger partial charge is 0.0613 e. The second-order valence-corrected chi connectivity index (χ2v) is 3.98. The fourth-order valence-corrected chi connectivity index (χ4v) is 1.78. The Bertz CT molecular complexity index is 432. The Balaban J connectivity index is 2.66. The minimum absolute atomic E-state index is 1.05. The lowest BCUT2D eigenvalue weighted by molar-refractivity contribution is 1.14. The van der Waals surface area contributed by atoms with Gasteiger partial charge in [0.05, 0.1) is 0 Å². The van der Waals surface area contributed by atoms with Crippen molar-refractivity contribution < 1.29 is 0 Å². The van der Waals surface area contributed by atoms with Crippen LogP contribution in [0.1, 0.15) is 12.5 Å². The monoisotopic (exact) mass is 233 g/mol. The summed E-state index contributed by atoms with van der Waals surface area (Å²) in [6.07, 6.45) is 1.05. The van der Waals surface area contributed by atoms with Gasteiger partial charge in [-0.2, -0.15) is 0 Å². The SMILES string of the molecule is CCc1[c]c2ccc(Br)cc2cc1. The van der Waals surface area contributed by atoms with Crippen LogP contribution in [0.2, 0.25) is 0 Å². The molecule has 2 aromatic carbocycles. The molecule has 0 unspecified atom stereocenters. The molecule has 13 heavy (non-hydrogen) atoms. The van der Waals surface area contributed by atoms with E-state index < -0.39 is 0 Å². The molecule has 0 atom stereocenters. The molecule has 65 valence electrons. The molecule has 0 aliphatic carbocycles. The third kappa shape index (κ3) is 1.75. The van der Waals surface area contributed by atoms with Crippen LogP contribution in [0.5, 0.6) is 0 Å². The molecule has 0 saturated heterocycles. The maximum absolute atomic E-state index is 3.45. The summed E-state index contributed by atoms with van der Waals surface area (Å²) in [6, 6.07) is 13.9. The average molecular weight is 234 g/mol. The quantitative estimate of drug-likeness (QED) is 0.700. The number of hydrogen-bond donors (Lipinski definition) is 0. The number of aryl methyl sites for hydroxylation is 1. The third-order valence-electron chi connectivity index (χ3n) is 2.15. The van der Waals surface area contributed by atoms with Crippen molar-refractivity contribution in [3.63, 3.8) is 0 Å². The van der Waals surface area contributed by atoms with Gasteiger partial charge >= 0.3 is 0 Å². The van der Waals surface area contributed by atoms with Crippen molar-refractivity contribution in [2.45, 2.75) is 13.3 Å². The Morgan fingerprint density at radius 2 is 2.08 bits per heavy atom. The van der Waals surface area contributed by atoms with Crippen LogP contribution in [0.3, 0.4) is 0 Å². The van der Waals surface area contributed by atoms with Gasteiger partial charge in [0, 0.05) is 4.47 Å². The lowest BCUT2D eigenvalue weighted by atomic mass is 10.1. The van der Waals surface area contributed by atoms with Crippen molar-refractivity contribution in [1.29, 1.82) is 0 Å². The minimum atomic E-state index is 1.05.